The third kappa shape index (κ3) is 7.85. The molecule has 10 unspecified atom stereocenters. The van der Waals surface area contributed by atoms with E-state index in [9.17, 15) is 45.6 Å². The van der Waals surface area contributed by atoms with Gasteiger partial charge in [-0.15, -0.1) is 0 Å². The summed E-state index contributed by atoms with van der Waals surface area (Å²) in [5, 5.41) is 81.4. The first-order chi connectivity index (χ1) is 20.9. The number of hydrogen-bond acceptors (Lipinski definition) is 14. The molecule has 242 valence electrons. The number of hydrogen-bond donors (Lipinski definition) is 8. The van der Waals surface area contributed by atoms with E-state index in [1.54, 1.807) is 25.1 Å². The quantitative estimate of drug-likeness (QED) is 0.0958. The molecule has 14 heteroatoms. The number of phenolic OH excluding ortho intramolecular Hbond substituents is 3. The minimum Gasteiger partial charge on any atom is -0.508 e. The Bertz CT molecular complexity index is 1300. The molecule has 2 aliphatic heterocycles. The number of carbonyl (C=O) groups is 1. The Morgan fingerprint density at radius 3 is 2.30 bits per heavy atom. The Labute approximate surface area is 252 Å². The number of aromatic hydroxyl groups is 3. The number of ether oxygens (including phenoxy) is 5. The summed E-state index contributed by atoms with van der Waals surface area (Å²) in [6.45, 7) is 2.48. The van der Waals surface area contributed by atoms with Gasteiger partial charge in [0.2, 0.25) is 0 Å². The van der Waals surface area contributed by atoms with Crippen LogP contribution < -0.4 is 0 Å². The highest BCUT2D eigenvalue weighted by molar-refractivity contribution is 5.87. The van der Waals surface area contributed by atoms with Crippen molar-refractivity contribution in [3.05, 3.63) is 59.2 Å². The van der Waals surface area contributed by atoms with Crippen LogP contribution in [0.4, 0.5) is 0 Å². The molecule has 0 amide bonds. The average molecular weight is 623 g/mol. The van der Waals surface area contributed by atoms with Crippen LogP contribution in [0.25, 0.3) is 6.08 Å². The van der Waals surface area contributed by atoms with Crippen molar-refractivity contribution >= 4 is 12.0 Å². The van der Waals surface area contributed by atoms with Gasteiger partial charge in [-0.2, -0.15) is 0 Å². The monoisotopic (exact) mass is 622 g/mol. The minimum atomic E-state index is -1.75. The fraction of sp³-hybridized carbons (Fsp3) is 0.500. The summed E-state index contributed by atoms with van der Waals surface area (Å²) in [6, 6.07) is 8.96. The summed E-state index contributed by atoms with van der Waals surface area (Å²) >= 11 is 0. The van der Waals surface area contributed by atoms with Gasteiger partial charge < -0.3 is 64.5 Å². The van der Waals surface area contributed by atoms with E-state index < -0.39 is 79.7 Å². The Morgan fingerprint density at radius 1 is 0.864 bits per heavy atom. The molecule has 2 aliphatic rings. The van der Waals surface area contributed by atoms with Gasteiger partial charge in [0.25, 0.3) is 0 Å². The number of esters is 1. The average Bonchev–Trinajstić information content (AvgIpc) is 2.99. The zero-order valence-electron chi connectivity index (χ0n) is 24.0. The maximum Gasteiger partial charge on any atom is 0.331 e. The molecule has 44 heavy (non-hydrogen) atoms. The van der Waals surface area contributed by atoms with E-state index in [0.717, 1.165) is 11.6 Å². The maximum absolute atomic E-state index is 12.8. The van der Waals surface area contributed by atoms with Crippen molar-refractivity contribution in [2.45, 2.75) is 81.7 Å². The van der Waals surface area contributed by atoms with Gasteiger partial charge in [0, 0.05) is 6.08 Å². The molecule has 2 saturated heterocycles. The predicted molar refractivity (Wildman–Crippen MR) is 150 cm³/mol. The highest BCUT2D eigenvalue weighted by Gasteiger charge is 2.52. The van der Waals surface area contributed by atoms with Gasteiger partial charge in [-0.1, -0.05) is 18.2 Å². The summed E-state index contributed by atoms with van der Waals surface area (Å²) in [6.07, 6.45) is -12.2. The van der Waals surface area contributed by atoms with Crippen molar-refractivity contribution in [2.24, 2.45) is 0 Å². The van der Waals surface area contributed by atoms with Crippen molar-refractivity contribution in [2.75, 3.05) is 13.2 Å². The van der Waals surface area contributed by atoms with Crippen LogP contribution in [0.5, 0.6) is 17.2 Å². The van der Waals surface area contributed by atoms with E-state index >= 15 is 0 Å². The second-order valence-corrected chi connectivity index (χ2v) is 10.7. The van der Waals surface area contributed by atoms with Gasteiger partial charge in [-0.25, -0.2) is 4.79 Å². The number of aliphatic hydroxyl groups excluding tert-OH is 5. The van der Waals surface area contributed by atoms with Crippen LogP contribution in [0.15, 0.2) is 42.5 Å². The van der Waals surface area contributed by atoms with E-state index in [4.69, 9.17) is 23.7 Å². The number of phenols is 3. The molecule has 0 aliphatic carbocycles. The van der Waals surface area contributed by atoms with Crippen LogP contribution in [0.2, 0.25) is 0 Å². The molecule has 10 atom stereocenters. The van der Waals surface area contributed by atoms with Crippen molar-refractivity contribution in [1.29, 1.82) is 0 Å². The Balaban J connectivity index is 1.52. The van der Waals surface area contributed by atoms with Crippen LogP contribution in [-0.2, 0) is 34.9 Å². The van der Waals surface area contributed by atoms with Crippen LogP contribution in [0.1, 0.15) is 23.6 Å². The second-order valence-electron chi connectivity index (χ2n) is 10.7. The first kappa shape index (κ1) is 33.6. The SMILES string of the molecule is Cc1ccc(CCOC2OC(CO)C(OC(=O)/C=C/c3ccc(O)c(O)c3)C(OC3OC(C)C(O)C(O)C3O)C2O)cc1O. The molecule has 14 nitrogen and oxygen atoms in total. The fourth-order valence-electron chi connectivity index (χ4n) is 4.84. The molecular weight excluding hydrogens is 584 g/mol. The highest BCUT2D eigenvalue weighted by Crippen LogP contribution is 2.32. The third-order valence-electron chi connectivity index (χ3n) is 7.50. The Kier molecular flexibility index (Phi) is 11.2. The third-order valence-corrected chi connectivity index (χ3v) is 7.50. The fourth-order valence-corrected chi connectivity index (χ4v) is 4.84. The van der Waals surface area contributed by atoms with Gasteiger partial charge in [0.15, 0.2) is 30.2 Å². The summed E-state index contributed by atoms with van der Waals surface area (Å²) in [5.74, 6) is -1.61. The van der Waals surface area contributed by atoms with Gasteiger partial charge in [-0.05, 0) is 61.2 Å². The second kappa shape index (κ2) is 14.6. The standard InChI is InChI=1S/C30H38O14/c1-14-3-4-17(11-19(14)33)9-10-40-29-26(39)28(44-30-25(38)24(37)23(36)15(2)41-30)27(21(13-31)42-29)43-22(35)8-6-16-5-7-18(32)20(34)12-16/h3-8,11-12,15,21,23-34,36-39H,9-10,13H2,1-2H3/b8-6+. The summed E-state index contributed by atoms with van der Waals surface area (Å²) in [4.78, 5) is 12.8. The smallest absolute Gasteiger partial charge is 0.331 e. The van der Waals surface area contributed by atoms with Gasteiger partial charge in [-0.3, -0.25) is 0 Å². The summed E-state index contributed by atoms with van der Waals surface area (Å²) in [5.41, 5.74) is 1.78. The van der Waals surface area contributed by atoms with E-state index in [2.05, 4.69) is 0 Å². The molecule has 0 aromatic heterocycles. The molecule has 2 aromatic carbocycles. The predicted octanol–water partition coefficient (Wildman–Crippen LogP) is -0.413. The molecule has 0 bridgehead atoms. The number of carbonyl (C=O) groups excluding carboxylic acids is 1. The molecule has 2 heterocycles. The number of aliphatic hydroxyl groups is 5. The van der Waals surface area contributed by atoms with E-state index in [0.29, 0.717) is 17.5 Å². The molecule has 8 N–H and O–H groups in total. The van der Waals surface area contributed by atoms with Gasteiger partial charge in [0.1, 0.15) is 42.4 Å². The number of rotatable bonds is 10. The van der Waals surface area contributed by atoms with Crippen molar-refractivity contribution in [3.8, 4) is 17.2 Å². The topological polar surface area (TPSA) is 225 Å². The molecule has 4 rings (SSSR count). The largest absolute Gasteiger partial charge is 0.508 e. The van der Waals surface area contributed by atoms with Crippen LogP contribution in [0, 0.1) is 6.92 Å². The van der Waals surface area contributed by atoms with E-state index in [1.807, 2.05) is 0 Å². The lowest BCUT2D eigenvalue weighted by Gasteiger charge is -2.46. The van der Waals surface area contributed by atoms with Crippen molar-refractivity contribution in [1.82, 2.24) is 0 Å². The molecule has 0 spiro atoms. The van der Waals surface area contributed by atoms with Crippen molar-refractivity contribution < 1.29 is 69.3 Å². The molecule has 2 fully saturated rings. The van der Waals surface area contributed by atoms with Crippen LogP contribution in [0.3, 0.4) is 0 Å². The Hall–Kier alpha value is -3.31. The summed E-state index contributed by atoms with van der Waals surface area (Å²) < 4.78 is 28.4. The lowest BCUT2D eigenvalue weighted by atomic mass is 9.97. The lowest BCUT2D eigenvalue weighted by Crippen LogP contribution is -2.65. The van der Waals surface area contributed by atoms with E-state index in [1.165, 1.54) is 31.2 Å². The minimum absolute atomic E-state index is 0.00621. The Morgan fingerprint density at radius 2 is 1.61 bits per heavy atom. The van der Waals surface area contributed by atoms with Gasteiger partial charge in [0.05, 0.1) is 19.3 Å². The summed E-state index contributed by atoms with van der Waals surface area (Å²) in [7, 11) is 0. The van der Waals surface area contributed by atoms with Crippen LogP contribution >= 0.6 is 0 Å². The molecule has 2 aromatic rings. The van der Waals surface area contributed by atoms with Crippen molar-refractivity contribution in [3.63, 3.8) is 0 Å². The molecular formula is C30H38O14. The van der Waals surface area contributed by atoms with Crippen LogP contribution in [-0.4, -0.2) is 121 Å². The highest BCUT2D eigenvalue weighted by atomic mass is 16.7. The molecule has 0 radical (unpaired) electrons. The maximum atomic E-state index is 12.8. The first-order valence-corrected chi connectivity index (χ1v) is 14.0. The van der Waals surface area contributed by atoms with Gasteiger partial charge >= 0.3 is 5.97 Å². The zero-order chi connectivity index (χ0) is 32.1. The molecule has 0 saturated carbocycles. The zero-order valence-corrected chi connectivity index (χ0v) is 24.0. The van der Waals surface area contributed by atoms with E-state index in [-0.39, 0.29) is 18.1 Å². The normalized spacial score (nSPS) is 32.5. The number of aryl methyl sites for hydroxylation is 1. The number of benzene rings is 2. The first-order valence-electron chi connectivity index (χ1n) is 14.0. The lowest BCUT2D eigenvalue weighted by molar-refractivity contribution is -0.357.